The molecule has 2 aliphatic rings. The molecule has 2 aliphatic carbocycles. The zero-order valence-electron chi connectivity index (χ0n) is 10.9. The number of phenolic OH excluding ortho intramolecular Hbond substituents is 2. The Kier molecular flexibility index (Phi) is 3.09. The Morgan fingerprint density at radius 2 is 1.68 bits per heavy atom. The summed E-state index contributed by atoms with van der Waals surface area (Å²) < 4.78 is 0. The van der Waals surface area contributed by atoms with E-state index in [1.807, 2.05) is 4.90 Å². The molecule has 0 spiro atoms. The number of amides is 1. The van der Waals surface area contributed by atoms with Crippen LogP contribution in [-0.2, 0) is 0 Å². The Balaban J connectivity index is 1.78. The molecular formula is C15H19NO3. The summed E-state index contributed by atoms with van der Waals surface area (Å²) in [7, 11) is 0. The van der Waals surface area contributed by atoms with Crippen molar-refractivity contribution in [3.63, 3.8) is 0 Å². The molecule has 0 heterocycles. The van der Waals surface area contributed by atoms with Crippen LogP contribution in [0.15, 0.2) is 18.2 Å². The molecule has 0 bridgehead atoms. The lowest BCUT2D eigenvalue weighted by atomic mass is 10.1. The van der Waals surface area contributed by atoms with Crippen LogP contribution in [0.1, 0.15) is 36.0 Å². The van der Waals surface area contributed by atoms with E-state index >= 15 is 0 Å². The Bertz CT molecular complexity index is 478. The third-order valence-corrected chi connectivity index (χ3v) is 3.85. The van der Waals surface area contributed by atoms with Gasteiger partial charge in [0.05, 0.1) is 5.56 Å². The molecule has 0 aliphatic heterocycles. The molecule has 0 unspecified atom stereocenters. The first-order valence-corrected chi connectivity index (χ1v) is 6.94. The lowest BCUT2D eigenvalue weighted by Crippen LogP contribution is -2.34. The first-order valence-electron chi connectivity index (χ1n) is 6.94. The summed E-state index contributed by atoms with van der Waals surface area (Å²) in [5.74, 6) is 1.05. The van der Waals surface area contributed by atoms with Crippen LogP contribution < -0.4 is 0 Å². The number of rotatable bonds is 5. The number of phenols is 2. The third kappa shape index (κ3) is 3.00. The number of benzene rings is 1. The second-order valence-corrected chi connectivity index (χ2v) is 5.80. The predicted octanol–water partition coefficient (Wildman–Crippen LogP) is 2.36. The molecule has 2 N–H and O–H groups in total. The van der Waals surface area contributed by atoms with E-state index < -0.39 is 0 Å². The van der Waals surface area contributed by atoms with Crippen molar-refractivity contribution in [1.29, 1.82) is 0 Å². The third-order valence-electron chi connectivity index (χ3n) is 3.85. The van der Waals surface area contributed by atoms with Crippen molar-refractivity contribution in [2.45, 2.75) is 25.7 Å². The van der Waals surface area contributed by atoms with Gasteiger partial charge in [0.1, 0.15) is 11.5 Å². The van der Waals surface area contributed by atoms with Gasteiger partial charge in [0.15, 0.2) is 0 Å². The smallest absolute Gasteiger partial charge is 0.257 e. The number of aromatic hydroxyl groups is 2. The molecule has 0 saturated heterocycles. The first-order chi connectivity index (χ1) is 9.13. The van der Waals surface area contributed by atoms with Crippen LogP contribution in [0.2, 0.25) is 0 Å². The van der Waals surface area contributed by atoms with Crippen molar-refractivity contribution in [3.05, 3.63) is 23.8 Å². The molecule has 4 heteroatoms. The van der Waals surface area contributed by atoms with Crippen LogP contribution in [0.25, 0.3) is 0 Å². The summed E-state index contributed by atoms with van der Waals surface area (Å²) >= 11 is 0. The Morgan fingerprint density at radius 3 is 2.21 bits per heavy atom. The fourth-order valence-corrected chi connectivity index (χ4v) is 2.33. The summed E-state index contributed by atoms with van der Waals surface area (Å²) in [6.07, 6.45) is 4.78. The van der Waals surface area contributed by atoms with E-state index in [0.717, 1.165) is 13.1 Å². The van der Waals surface area contributed by atoms with Crippen LogP contribution >= 0.6 is 0 Å². The minimum Gasteiger partial charge on any atom is -0.508 e. The predicted molar refractivity (Wildman–Crippen MR) is 71.1 cm³/mol. The van der Waals surface area contributed by atoms with Crippen LogP contribution in [0, 0.1) is 11.8 Å². The Labute approximate surface area is 112 Å². The average molecular weight is 261 g/mol. The van der Waals surface area contributed by atoms with Gasteiger partial charge in [0, 0.05) is 13.1 Å². The number of carbonyl (C=O) groups is 1. The molecule has 102 valence electrons. The lowest BCUT2D eigenvalue weighted by Gasteiger charge is -2.23. The van der Waals surface area contributed by atoms with Gasteiger partial charge in [-0.1, -0.05) is 0 Å². The maximum atomic E-state index is 12.5. The molecule has 4 nitrogen and oxygen atoms in total. The van der Waals surface area contributed by atoms with Crippen LogP contribution in [0.5, 0.6) is 11.5 Å². The first kappa shape index (κ1) is 12.3. The minimum absolute atomic E-state index is 0.0129. The van der Waals surface area contributed by atoms with E-state index in [0.29, 0.717) is 11.8 Å². The van der Waals surface area contributed by atoms with E-state index in [9.17, 15) is 15.0 Å². The fourth-order valence-electron chi connectivity index (χ4n) is 2.33. The van der Waals surface area contributed by atoms with Gasteiger partial charge in [-0.3, -0.25) is 4.79 Å². The normalized spacial score (nSPS) is 18.3. The second kappa shape index (κ2) is 4.76. The van der Waals surface area contributed by atoms with Gasteiger partial charge in [-0.25, -0.2) is 0 Å². The number of hydrogen-bond acceptors (Lipinski definition) is 3. The van der Waals surface area contributed by atoms with Gasteiger partial charge in [0.2, 0.25) is 0 Å². The minimum atomic E-state index is -0.160. The van der Waals surface area contributed by atoms with Crippen molar-refractivity contribution in [3.8, 4) is 11.5 Å². The van der Waals surface area contributed by atoms with E-state index in [2.05, 4.69) is 0 Å². The average Bonchev–Trinajstić information content (AvgIpc) is 3.25. The van der Waals surface area contributed by atoms with Crippen LogP contribution in [0.4, 0.5) is 0 Å². The molecule has 0 aromatic heterocycles. The molecule has 1 aromatic rings. The molecule has 1 amide bonds. The van der Waals surface area contributed by atoms with Gasteiger partial charge in [-0.05, 0) is 55.7 Å². The Hall–Kier alpha value is -1.71. The highest BCUT2D eigenvalue weighted by Crippen LogP contribution is 2.35. The van der Waals surface area contributed by atoms with Crippen molar-refractivity contribution >= 4 is 5.91 Å². The van der Waals surface area contributed by atoms with Gasteiger partial charge in [-0.2, -0.15) is 0 Å². The SMILES string of the molecule is O=C(c1cc(O)ccc1O)N(CC1CC1)CC1CC1. The molecule has 2 saturated carbocycles. The fraction of sp³-hybridized carbons (Fsp3) is 0.533. The van der Waals surface area contributed by atoms with Crippen molar-refractivity contribution in [1.82, 2.24) is 4.90 Å². The van der Waals surface area contributed by atoms with E-state index in [-0.39, 0.29) is 23.0 Å². The van der Waals surface area contributed by atoms with Gasteiger partial charge in [-0.15, -0.1) is 0 Å². The molecule has 19 heavy (non-hydrogen) atoms. The van der Waals surface area contributed by atoms with E-state index in [4.69, 9.17) is 0 Å². The highest BCUT2D eigenvalue weighted by molar-refractivity contribution is 5.97. The molecular weight excluding hydrogens is 242 g/mol. The number of carbonyl (C=O) groups excluding carboxylic acids is 1. The van der Waals surface area contributed by atoms with Crippen molar-refractivity contribution < 1.29 is 15.0 Å². The topological polar surface area (TPSA) is 60.8 Å². The van der Waals surface area contributed by atoms with E-state index in [1.165, 1.54) is 43.9 Å². The van der Waals surface area contributed by atoms with Crippen LogP contribution in [0.3, 0.4) is 0 Å². The molecule has 1 aromatic carbocycles. The standard InChI is InChI=1S/C15H19NO3/c17-12-5-6-14(18)13(7-12)15(19)16(8-10-1-2-10)9-11-3-4-11/h5-7,10-11,17-18H,1-4,8-9H2. The zero-order chi connectivity index (χ0) is 13.4. The maximum absolute atomic E-state index is 12.5. The van der Waals surface area contributed by atoms with Crippen LogP contribution in [-0.4, -0.2) is 34.1 Å². The summed E-state index contributed by atoms with van der Waals surface area (Å²) in [4.78, 5) is 14.4. The number of nitrogens with zero attached hydrogens (tertiary/aromatic N) is 1. The van der Waals surface area contributed by atoms with E-state index in [1.54, 1.807) is 0 Å². The van der Waals surface area contributed by atoms with Gasteiger partial charge >= 0.3 is 0 Å². The quantitative estimate of drug-likeness (QED) is 0.800. The molecule has 0 radical (unpaired) electrons. The second-order valence-electron chi connectivity index (χ2n) is 5.80. The van der Waals surface area contributed by atoms with Crippen molar-refractivity contribution in [2.75, 3.05) is 13.1 Å². The van der Waals surface area contributed by atoms with Crippen molar-refractivity contribution in [2.24, 2.45) is 11.8 Å². The van der Waals surface area contributed by atoms with Gasteiger partial charge in [0.25, 0.3) is 5.91 Å². The highest BCUT2D eigenvalue weighted by Gasteiger charge is 2.32. The molecule has 2 fully saturated rings. The summed E-state index contributed by atoms with van der Waals surface area (Å²) in [6.45, 7) is 1.56. The zero-order valence-corrected chi connectivity index (χ0v) is 10.9. The maximum Gasteiger partial charge on any atom is 0.257 e. The lowest BCUT2D eigenvalue weighted by molar-refractivity contribution is 0.0736. The number of hydrogen-bond donors (Lipinski definition) is 2. The monoisotopic (exact) mass is 261 g/mol. The van der Waals surface area contributed by atoms with Gasteiger partial charge < -0.3 is 15.1 Å². The Morgan fingerprint density at radius 1 is 1.11 bits per heavy atom. The summed E-state index contributed by atoms with van der Waals surface area (Å²) in [6, 6.07) is 4.11. The molecule has 3 rings (SSSR count). The largest absolute Gasteiger partial charge is 0.508 e. The summed E-state index contributed by atoms with van der Waals surface area (Å²) in [5.41, 5.74) is 0.210. The summed E-state index contributed by atoms with van der Waals surface area (Å²) in [5, 5.41) is 19.3. The molecule has 0 atom stereocenters. The highest BCUT2D eigenvalue weighted by atomic mass is 16.3.